The Hall–Kier alpha value is -3.09. The minimum absolute atomic E-state index is 0.0812. The lowest BCUT2D eigenvalue weighted by molar-refractivity contribution is 0.0635. The molecule has 0 saturated heterocycles. The van der Waals surface area contributed by atoms with Gasteiger partial charge in [-0.05, 0) is 50.6 Å². The molecule has 0 aliphatic rings. The first-order valence-corrected chi connectivity index (χ1v) is 8.09. The Morgan fingerprint density at radius 1 is 1.31 bits per heavy atom. The molecule has 0 spiro atoms. The van der Waals surface area contributed by atoms with E-state index >= 15 is 0 Å². The van der Waals surface area contributed by atoms with Gasteiger partial charge in [0, 0.05) is 0 Å². The van der Waals surface area contributed by atoms with Gasteiger partial charge in [0.15, 0.2) is 0 Å². The third kappa shape index (κ3) is 5.20. The van der Waals surface area contributed by atoms with Gasteiger partial charge in [-0.15, -0.1) is 0 Å². The summed E-state index contributed by atoms with van der Waals surface area (Å²) in [6, 6.07) is 8.75. The van der Waals surface area contributed by atoms with Crippen LogP contribution in [0.2, 0.25) is 0 Å². The number of hydrogen-bond acceptors (Lipinski definition) is 5. The number of methoxy groups -OCH3 is 1. The fourth-order valence-corrected chi connectivity index (χ4v) is 2.18. The van der Waals surface area contributed by atoms with E-state index in [0.717, 1.165) is 11.3 Å². The van der Waals surface area contributed by atoms with Gasteiger partial charge in [0.05, 0.1) is 19.3 Å². The zero-order chi connectivity index (χ0) is 19.3. The molecule has 1 heterocycles. The standard InChI is InChI=1S/C19H23N3O4/c1-6-14-11-16(20-18(24)26-19(2,3)4)17(23)22(21-14)12-13-7-9-15(25-5)10-8-13/h6-11H,1,12H2,2-5H3,(H,20,24). The summed E-state index contributed by atoms with van der Waals surface area (Å²) in [6.07, 6.45) is 0.802. The predicted molar refractivity (Wildman–Crippen MR) is 101 cm³/mol. The molecule has 1 aromatic heterocycles. The third-order valence-corrected chi connectivity index (χ3v) is 3.33. The number of rotatable bonds is 5. The van der Waals surface area contributed by atoms with Gasteiger partial charge in [0.1, 0.15) is 17.0 Å². The molecule has 1 amide bonds. The SMILES string of the molecule is C=Cc1cc(NC(=O)OC(C)(C)C)c(=O)n(Cc2ccc(OC)cc2)n1. The Kier molecular flexibility index (Phi) is 5.82. The number of carbonyl (C=O) groups is 1. The summed E-state index contributed by atoms with van der Waals surface area (Å²) in [7, 11) is 1.59. The quantitative estimate of drug-likeness (QED) is 0.888. The molecule has 138 valence electrons. The van der Waals surface area contributed by atoms with E-state index in [1.807, 2.05) is 12.1 Å². The molecule has 1 aromatic carbocycles. The van der Waals surface area contributed by atoms with Crippen molar-refractivity contribution in [3.8, 4) is 5.75 Å². The zero-order valence-electron chi connectivity index (χ0n) is 15.4. The predicted octanol–water partition coefficient (Wildman–Crippen LogP) is 3.29. The molecule has 0 aliphatic heterocycles. The Morgan fingerprint density at radius 3 is 2.50 bits per heavy atom. The largest absolute Gasteiger partial charge is 0.497 e. The number of anilines is 1. The lowest BCUT2D eigenvalue weighted by Crippen LogP contribution is -2.32. The molecule has 0 atom stereocenters. The van der Waals surface area contributed by atoms with Crippen molar-refractivity contribution in [3.63, 3.8) is 0 Å². The molecular formula is C19H23N3O4. The molecule has 0 saturated carbocycles. The minimum atomic E-state index is -0.702. The molecule has 26 heavy (non-hydrogen) atoms. The summed E-state index contributed by atoms with van der Waals surface area (Å²) < 4.78 is 11.6. The zero-order valence-corrected chi connectivity index (χ0v) is 15.4. The molecule has 7 nitrogen and oxygen atoms in total. The maximum Gasteiger partial charge on any atom is 0.412 e. The maximum absolute atomic E-state index is 12.6. The monoisotopic (exact) mass is 357 g/mol. The number of hydrogen-bond donors (Lipinski definition) is 1. The van der Waals surface area contributed by atoms with Gasteiger partial charge in [-0.2, -0.15) is 5.10 Å². The van der Waals surface area contributed by atoms with Crippen LogP contribution in [-0.4, -0.2) is 28.6 Å². The Bertz CT molecular complexity index is 849. The second-order valence-corrected chi connectivity index (χ2v) is 6.62. The molecule has 0 bridgehead atoms. The molecular weight excluding hydrogens is 334 g/mol. The molecule has 1 N–H and O–H groups in total. The van der Waals surface area contributed by atoms with Crippen LogP contribution in [0.15, 0.2) is 41.7 Å². The normalized spacial score (nSPS) is 10.9. The highest BCUT2D eigenvalue weighted by Gasteiger charge is 2.18. The van der Waals surface area contributed by atoms with Crippen molar-refractivity contribution in [2.75, 3.05) is 12.4 Å². The lowest BCUT2D eigenvalue weighted by atomic mass is 10.2. The summed E-state index contributed by atoms with van der Waals surface area (Å²) in [5, 5.41) is 6.72. The van der Waals surface area contributed by atoms with Crippen molar-refractivity contribution >= 4 is 17.9 Å². The second-order valence-electron chi connectivity index (χ2n) is 6.62. The topological polar surface area (TPSA) is 82.5 Å². The lowest BCUT2D eigenvalue weighted by Gasteiger charge is -2.19. The highest BCUT2D eigenvalue weighted by atomic mass is 16.6. The van der Waals surface area contributed by atoms with Crippen molar-refractivity contribution in [1.82, 2.24) is 9.78 Å². The van der Waals surface area contributed by atoms with E-state index in [2.05, 4.69) is 17.0 Å². The third-order valence-electron chi connectivity index (χ3n) is 3.33. The van der Waals surface area contributed by atoms with Crippen LogP contribution in [0.3, 0.4) is 0 Å². The number of ether oxygens (including phenoxy) is 2. The smallest absolute Gasteiger partial charge is 0.412 e. The Morgan fingerprint density at radius 2 is 1.96 bits per heavy atom. The second kappa shape index (κ2) is 7.86. The van der Waals surface area contributed by atoms with Crippen LogP contribution in [0.4, 0.5) is 10.5 Å². The first-order valence-electron chi connectivity index (χ1n) is 8.09. The van der Waals surface area contributed by atoms with Crippen molar-refractivity contribution in [2.45, 2.75) is 32.9 Å². The number of aromatic nitrogens is 2. The highest BCUT2D eigenvalue weighted by Crippen LogP contribution is 2.13. The van der Waals surface area contributed by atoms with Crippen LogP contribution in [-0.2, 0) is 11.3 Å². The summed E-state index contributed by atoms with van der Waals surface area (Å²) >= 11 is 0. The van der Waals surface area contributed by atoms with E-state index in [9.17, 15) is 9.59 Å². The first kappa shape index (κ1) is 19.2. The summed E-state index contributed by atoms with van der Waals surface area (Å²) in [4.78, 5) is 24.6. The van der Waals surface area contributed by atoms with Crippen molar-refractivity contribution < 1.29 is 14.3 Å². The number of nitrogens with one attached hydrogen (secondary N) is 1. The van der Waals surface area contributed by atoms with Crippen LogP contribution in [0.1, 0.15) is 32.0 Å². The summed E-state index contributed by atoms with van der Waals surface area (Å²) in [5.41, 5.74) is 0.310. The van der Waals surface area contributed by atoms with Crippen LogP contribution >= 0.6 is 0 Å². The van der Waals surface area contributed by atoms with E-state index in [1.54, 1.807) is 40.0 Å². The van der Waals surface area contributed by atoms with Crippen molar-refractivity contribution in [1.29, 1.82) is 0 Å². The van der Waals surface area contributed by atoms with Crippen LogP contribution in [0.25, 0.3) is 6.08 Å². The Balaban J connectivity index is 2.30. The van der Waals surface area contributed by atoms with E-state index in [1.165, 1.54) is 16.8 Å². The fraction of sp³-hybridized carbons (Fsp3) is 0.316. The van der Waals surface area contributed by atoms with E-state index in [-0.39, 0.29) is 12.2 Å². The molecule has 2 aromatic rings. The molecule has 0 aliphatic carbocycles. The number of nitrogens with zero attached hydrogens (tertiary/aromatic N) is 2. The molecule has 2 rings (SSSR count). The molecule has 0 fully saturated rings. The summed E-state index contributed by atoms with van der Waals surface area (Å²) in [6.45, 7) is 9.16. The number of amides is 1. The highest BCUT2D eigenvalue weighted by molar-refractivity contribution is 5.84. The molecule has 0 radical (unpaired) electrons. The van der Waals surface area contributed by atoms with E-state index in [4.69, 9.17) is 9.47 Å². The maximum atomic E-state index is 12.6. The fourth-order valence-electron chi connectivity index (χ4n) is 2.18. The summed E-state index contributed by atoms with van der Waals surface area (Å²) in [5.74, 6) is 0.723. The average Bonchev–Trinajstić information content (AvgIpc) is 2.57. The van der Waals surface area contributed by atoms with E-state index < -0.39 is 17.3 Å². The molecule has 0 unspecified atom stereocenters. The molecule has 7 heteroatoms. The van der Waals surface area contributed by atoms with Gasteiger partial charge >= 0.3 is 6.09 Å². The van der Waals surface area contributed by atoms with Crippen LogP contribution in [0.5, 0.6) is 5.75 Å². The number of carbonyl (C=O) groups excluding carboxylic acids is 1. The van der Waals surface area contributed by atoms with Gasteiger partial charge in [-0.3, -0.25) is 10.1 Å². The van der Waals surface area contributed by atoms with Gasteiger partial charge in [-0.1, -0.05) is 18.7 Å². The van der Waals surface area contributed by atoms with E-state index in [0.29, 0.717) is 5.69 Å². The van der Waals surface area contributed by atoms with Gasteiger partial charge in [0.2, 0.25) is 0 Å². The first-order chi connectivity index (χ1) is 12.2. The van der Waals surface area contributed by atoms with Crippen molar-refractivity contribution in [3.05, 3.63) is 58.5 Å². The van der Waals surface area contributed by atoms with Gasteiger partial charge < -0.3 is 9.47 Å². The van der Waals surface area contributed by atoms with Gasteiger partial charge in [-0.25, -0.2) is 9.48 Å². The van der Waals surface area contributed by atoms with Gasteiger partial charge in [0.25, 0.3) is 5.56 Å². The average molecular weight is 357 g/mol. The Labute approximate surface area is 152 Å². The minimum Gasteiger partial charge on any atom is -0.497 e. The van der Waals surface area contributed by atoms with Crippen LogP contribution in [0, 0.1) is 0 Å². The number of benzene rings is 1. The van der Waals surface area contributed by atoms with Crippen LogP contribution < -0.4 is 15.6 Å². The van der Waals surface area contributed by atoms with Crippen molar-refractivity contribution in [2.24, 2.45) is 0 Å².